The van der Waals surface area contributed by atoms with Gasteiger partial charge in [0.25, 0.3) is 0 Å². The lowest BCUT2D eigenvalue weighted by Gasteiger charge is -2.42. The molecule has 21 heavy (non-hydrogen) atoms. The van der Waals surface area contributed by atoms with Crippen LogP contribution in [0, 0.1) is 0 Å². The van der Waals surface area contributed by atoms with Crippen LogP contribution in [0.2, 0.25) is 0 Å². The second kappa shape index (κ2) is 5.91. The molecule has 1 saturated heterocycles. The molecule has 0 saturated carbocycles. The molecule has 1 unspecified atom stereocenters. The van der Waals surface area contributed by atoms with E-state index in [1.807, 2.05) is 12.3 Å². The lowest BCUT2D eigenvalue weighted by atomic mass is 10.0. The number of hydrogen-bond donors (Lipinski definition) is 0. The third-order valence-corrected chi connectivity index (χ3v) is 4.20. The van der Waals surface area contributed by atoms with E-state index in [1.54, 1.807) is 0 Å². The number of rotatable bonds is 3. The Morgan fingerprint density at radius 1 is 1.33 bits per heavy atom. The number of hydrogen-bond acceptors (Lipinski definition) is 3. The van der Waals surface area contributed by atoms with E-state index in [1.165, 1.54) is 10.9 Å². The fraction of sp³-hybridized carbons (Fsp3) is 0.471. The van der Waals surface area contributed by atoms with Crippen molar-refractivity contribution in [3.05, 3.63) is 42.1 Å². The van der Waals surface area contributed by atoms with Crippen LogP contribution in [0.15, 0.2) is 36.5 Å². The first-order chi connectivity index (χ1) is 10.1. The number of fused-ring (bicyclic) bond motifs is 1. The summed E-state index contributed by atoms with van der Waals surface area (Å²) in [6.07, 6.45) is 1.99. The van der Waals surface area contributed by atoms with E-state index in [4.69, 9.17) is 16.3 Å². The fourth-order valence-corrected chi connectivity index (χ4v) is 3.31. The van der Waals surface area contributed by atoms with Crippen LogP contribution in [0.25, 0.3) is 10.9 Å². The van der Waals surface area contributed by atoms with Crippen LogP contribution in [-0.2, 0) is 11.3 Å². The van der Waals surface area contributed by atoms with Crippen LogP contribution >= 0.6 is 11.6 Å². The van der Waals surface area contributed by atoms with Crippen molar-refractivity contribution >= 4 is 22.5 Å². The lowest BCUT2D eigenvalue weighted by molar-refractivity contribution is -0.129. The Morgan fingerprint density at radius 2 is 2.14 bits per heavy atom. The summed E-state index contributed by atoms with van der Waals surface area (Å²) >= 11 is 6.01. The van der Waals surface area contributed by atoms with Crippen LogP contribution < -0.4 is 0 Å². The average Bonchev–Trinajstić information content (AvgIpc) is 2.46. The molecule has 1 aliphatic rings. The summed E-state index contributed by atoms with van der Waals surface area (Å²) < 4.78 is 5.99. The maximum Gasteiger partial charge on any atom is 0.0845 e. The van der Waals surface area contributed by atoms with Gasteiger partial charge in [-0.15, -0.1) is 11.6 Å². The van der Waals surface area contributed by atoms with Crippen molar-refractivity contribution in [1.29, 1.82) is 0 Å². The molecule has 0 spiro atoms. The van der Waals surface area contributed by atoms with Crippen molar-refractivity contribution in [3.63, 3.8) is 0 Å². The zero-order chi connectivity index (χ0) is 14.9. The van der Waals surface area contributed by atoms with Crippen LogP contribution in [-0.4, -0.2) is 40.6 Å². The molecule has 0 amide bonds. The molecule has 2 heterocycles. The Hall–Kier alpha value is -1.16. The predicted molar refractivity (Wildman–Crippen MR) is 86.7 cm³/mol. The summed E-state index contributed by atoms with van der Waals surface area (Å²) in [6, 6.07) is 10.4. The SMILES string of the molecule is CC1(C)CN(Cc2ccnc3ccccc23)CC(CCl)O1. The van der Waals surface area contributed by atoms with Crippen molar-refractivity contribution in [2.45, 2.75) is 32.1 Å². The van der Waals surface area contributed by atoms with Crippen LogP contribution in [0.3, 0.4) is 0 Å². The van der Waals surface area contributed by atoms with E-state index in [-0.39, 0.29) is 11.7 Å². The molecule has 4 heteroatoms. The monoisotopic (exact) mass is 304 g/mol. The zero-order valence-corrected chi connectivity index (χ0v) is 13.3. The van der Waals surface area contributed by atoms with Gasteiger partial charge < -0.3 is 4.74 Å². The molecule has 3 rings (SSSR count). The smallest absolute Gasteiger partial charge is 0.0845 e. The molecule has 0 bridgehead atoms. The van der Waals surface area contributed by atoms with E-state index >= 15 is 0 Å². The van der Waals surface area contributed by atoms with E-state index in [0.29, 0.717) is 5.88 Å². The highest BCUT2D eigenvalue weighted by Crippen LogP contribution is 2.25. The molecule has 2 aromatic rings. The average molecular weight is 305 g/mol. The summed E-state index contributed by atoms with van der Waals surface area (Å²) in [7, 11) is 0. The molecular formula is C17H21ClN2O. The first-order valence-electron chi connectivity index (χ1n) is 7.36. The van der Waals surface area contributed by atoms with Gasteiger partial charge >= 0.3 is 0 Å². The molecule has 0 N–H and O–H groups in total. The first kappa shape index (κ1) is 14.8. The number of aromatic nitrogens is 1. The number of alkyl halides is 1. The van der Waals surface area contributed by atoms with Crippen LogP contribution in [0.5, 0.6) is 0 Å². The molecule has 1 aromatic carbocycles. The van der Waals surface area contributed by atoms with E-state index < -0.39 is 0 Å². The molecule has 1 fully saturated rings. The Labute approximate surface area is 130 Å². The Bertz CT molecular complexity index is 624. The van der Waals surface area contributed by atoms with Gasteiger partial charge in [-0.25, -0.2) is 0 Å². The highest BCUT2D eigenvalue weighted by molar-refractivity contribution is 6.18. The van der Waals surface area contributed by atoms with Gasteiger partial charge in [0.2, 0.25) is 0 Å². The molecule has 1 aliphatic heterocycles. The second-order valence-corrected chi connectivity index (χ2v) is 6.62. The van der Waals surface area contributed by atoms with E-state index in [0.717, 1.165) is 25.2 Å². The van der Waals surface area contributed by atoms with Gasteiger partial charge in [-0.2, -0.15) is 0 Å². The summed E-state index contributed by atoms with van der Waals surface area (Å²) in [5, 5.41) is 1.23. The summed E-state index contributed by atoms with van der Waals surface area (Å²) in [5.74, 6) is 0.539. The summed E-state index contributed by atoms with van der Waals surface area (Å²) in [5.41, 5.74) is 2.21. The minimum atomic E-state index is -0.152. The number of para-hydroxylation sites is 1. The zero-order valence-electron chi connectivity index (χ0n) is 12.6. The summed E-state index contributed by atoms with van der Waals surface area (Å²) in [4.78, 5) is 6.86. The quantitative estimate of drug-likeness (QED) is 0.812. The number of nitrogens with zero attached hydrogens (tertiary/aromatic N) is 2. The van der Waals surface area contributed by atoms with E-state index in [9.17, 15) is 0 Å². The van der Waals surface area contributed by atoms with Crippen molar-refractivity contribution in [1.82, 2.24) is 9.88 Å². The van der Waals surface area contributed by atoms with Gasteiger partial charge in [-0.1, -0.05) is 18.2 Å². The summed E-state index contributed by atoms with van der Waals surface area (Å²) in [6.45, 7) is 6.95. The predicted octanol–water partition coefficient (Wildman–Crippen LogP) is 3.45. The fourth-order valence-electron chi connectivity index (χ4n) is 3.15. The van der Waals surface area contributed by atoms with Crippen LogP contribution in [0.1, 0.15) is 19.4 Å². The number of pyridine rings is 1. The second-order valence-electron chi connectivity index (χ2n) is 6.31. The van der Waals surface area contributed by atoms with Crippen molar-refractivity contribution < 1.29 is 4.74 Å². The Kier molecular flexibility index (Phi) is 4.16. The van der Waals surface area contributed by atoms with Gasteiger partial charge in [0.15, 0.2) is 0 Å². The molecule has 3 nitrogen and oxygen atoms in total. The van der Waals surface area contributed by atoms with Gasteiger partial charge in [0.05, 0.1) is 17.2 Å². The molecule has 0 radical (unpaired) electrons. The third kappa shape index (κ3) is 3.37. The molecule has 0 aliphatic carbocycles. The maximum absolute atomic E-state index is 6.01. The molecule has 112 valence electrons. The number of halogens is 1. The first-order valence-corrected chi connectivity index (χ1v) is 7.90. The van der Waals surface area contributed by atoms with Crippen molar-refractivity contribution in [2.24, 2.45) is 0 Å². The Balaban J connectivity index is 1.84. The largest absolute Gasteiger partial charge is 0.368 e. The molecule has 1 atom stereocenters. The number of benzene rings is 1. The molecule has 1 aromatic heterocycles. The minimum absolute atomic E-state index is 0.100. The normalized spacial score (nSPS) is 22.5. The van der Waals surface area contributed by atoms with Crippen molar-refractivity contribution in [2.75, 3.05) is 19.0 Å². The Morgan fingerprint density at radius 3 is 2.95 bits per heavy atom. The number of morpholine rings is 1. The highest BCUT2D eigenvalue weighted by atomic mass is 35.5. The third-order valence-electron chi connectivity index (χ3n) is 3.86. The molecular weight excluding hydrogens is 284 g/mol. The van der Waals surface area contributed by atoms with Crippen LogP contribution in [0.4, 0.5) is 0 Å². The van der Waals surface area contributed by atoms with Crippen molar-refractivity contribution in [3.8, 4) is 0 Å². The van der Waals surface area contributed by atoms with Gasteiger partial charge in [-0.05, 0) is 31.5 Å². The minimum Gasteiger partial charge on any atom is -0.368 e. The maximum atomic E-state index is 6.01. The lowest BCUT2D eigenvalue weighted by Crippen LogP contribution is -2.52. The highest BCUT2D eigenvalue weighted by Gasteiger charge is 2.32. The van der Waals surface area contributed by atoms with E-state index in [2.05, 4.69) is 48.0 Å². The topological polar surface area (TPSA) is 25.4 Å². The van der Waals surface area contributed by atoms with Gasteiger partial charge in [-0.3, -0.25) is 9.88 Å². The van der Waals surface area contributed by atoms with Gasteiger partial charge in [0.1, 0.15) is 0 Å². The van der Waals surface area contributed by atoms with Gasteiger partial charge in [0, 0.05) is 37.1 Å². The standard InChI is InChI=1S/C17H21ClN2O/c1-17(2)12-20(11-14(9-18)21-17)10-13-7-8-19-16-6-4-3-5-15(13)16/h3-8,14H,9-12H2,1-2H3. The number of ether oxygens (including phenoxy) is 1.